The lowest BCUT2D eigenvalue weighted by Gasteiger charge is -2.43. The molecule has 0 aromatic heterocycles. The summed E-state index contributed by atoms with van der Waals surface area (Å²) in [5.74, 6) is -0.189. The lowest BCUT2D eigenvalue weighted by molar-refractivity contribution is -0.127. The summed E-state index contributed by atoms with van der Waals surface area (Å²) in [5, 5.41) is 3.42. The third kappa shape index (κ3) is 3.69. The zero-order chi connectivity index (χ0) is 13.8. The summed E-state index contributed by atoms with van der Waals surface area (Å²) in [7, 11) is 2.15. The molecule has 0 spiro atoms. The van der Waals surface area contributed by atoms with Gasteiger partial charge in [0.15, 0.2) is 0 Å². The van der Waals surface area contributed by atoms with Crippen molar-refractivity contribution in [2.45, 2.75) is 70.5 Å². The third-order valence-corrected chi connectivity index (χ3v) is 3.96. The molecule has 1 amide bonds. The van der Waals surface area contributed by atoms with Gasteiger partial charge in [0.2, 0.25) is 5.91 Å². The van der Waals surface area contributed by atoms with Crippen molar-refractivity contribution < 1.29 is 4.79 Å². The lowest BCUT2D eigenvalue weighted by atomic mass is 9.77. The molecule has 0 aromatic carbocycles. The molecule has 1 aliphatic carbocycles. The minimum absolute atomic E-state index is 0.189. The van der Waals surface area contributed by atoms with Crippen LogP contribution in [0.3, 0.4) is 0 Å². The van der Waals surface area contributed by atoms with Gasteiger partial charge in [-0.25, -0.2) is 0 Å². The fourth-order valence-electron chi connectivity index (χ4n) is 3.14. The second kappa shape index (κ2) is 6.53. The molecule has 106 valence electrons. The average Bonchev–Trinajstić information content (AvgIpc) is 2.28. The molecule has 2 unspecified atom stereocenters. The van der Waals surface area contributed by atoms with Crippen molar-refractivity contribution >= 4 is 5.91 Å². The fourth-order valence-corrected chi connectivity index (χ4v) is 3.14. The predicted octanol–water partition coefficient (Wildman–Crippen LogP) is 1.49. The summed E-state index contributed by atoms with van der Waals surface area (Å²) in [6, 6.07) is 0.755. The molecule has 4 heteroatoms. The molecule has 1 fully saturated rings. The van der Waals surface area contributed by atoms with Crippen LogP contribution in [0, 0.1) is 0 Å². The number of nitrogens with two attached hydrogens (primary N) is 1. The Morgan fingerprint density at radius 2 is 2.22 bits per heavy atom. The molecule has 3 N–H and O–H groups in total. The van der Waals surface area contributed by atoms with Crippen LogP contribution in [-0.4, -0.2) is 42.0 Å². The molecule has 2 atom stereocenters. The minimum atomic E-state index is -0.501. The van der Waals surface area contributed by atoms with Crippen molar-refractivity contribution in [1.82, 2.24) is 10.2 Å². The van der Waals surface area contributed by atoms with Crippen LogP contribution in [0.15, 0.2) is 0 Å². The molecule has 4 nitrogen and oxygen atoms in total. The number of amides is 1. The van der Waals surface area contributed by atoms with E-state index >= 15 is 0 Å². The quantitative estimate of drug-likeness (QED) is 0.756. The van der Waals surface area contributed by atoms with Crippen LogP contribution in [0.25, 0.3) is 0 Å². The first-order valence-corrected chi connectivity index (χ1v) is 7.19. The van der Waals surface area contributed by atoms with Gasteiger partial charge in [0.25, 0.3) is 0 Å². The fraction of sp³-hybridized carbons (Fsp3) is 0.929. The molecule has 0 radical (unpaired) electrons. The van der Waals surface area contributed by atoms with Gasteiger partial charge in [0.05, 0.1) is 5.54 Å². The van der Waals surface area contributed by atoms with E-state index in [1.807, 2.05) is 0 Å². The normalized spacial score (nSPS) is 28.9. The number of nitrogens with zero attached hydrogens (tertiary/aromatic N) is 1. The van der Waals surface area contributed by atoms with Crippen LogP contribution in [0.4, 0.5) is 0 Å². The van der Waals surface area contributed by atoms with Gasteiger partial charge in [-0.15, -0.1) is 0 Å². The molecule has 18 heavy (non-hydrogen) atoms. The Bertz CT molecular complexity index is 280. The van der Waals surface area contributed by atoms with Gasteiger partial charge in [-0.1, -0.05) is 6.92 Å². The summed E-state index contributed by atoms with van der Waals surface area (Å²) >= 11 is 0. The molecule has 1 saturated carbocycles. The number of carbonyl (C=O) groups excluding carboxylic acids is 1. The first kappa shape index (κ1) is 15.4. The van der Waals surface area contributed by atoms with Crippen molar-refractivity contribution in [3.63, 3.8) is 0 Å². The minimum Gasteiger partial charge on any atom is -0.368 e. The zero-order valence-electron chi connectivity index (χ0n) is 12.3. The van der Waals surface area contributed by atoms with Gasteiger partial charge in [0.1, 0.15) is 0 Å². The summed E-state index contributed by atoms with van der Waals surface area (Å²) in [4.78, 5) is 14.3. The highest BCUT2D eigenvalue weighted by Crippen LogP contribution is 2.31. The first-order chi connectivity index (χ1) is 8.41. The van der Waals surface area contributed by atoms with Crippen LogP contribution < -0.4 is 11.1 Å². The number of nitrogens with one attached hydrogen (secondary N) is 1. The van der Waals surface area contributed by atoms with Crippen molar-refractivity contribution in [3.05, 3.63) is 0 Å². The molecule has 0 aromatic rings. The van der Waals surface area contributed by atoms with Crippen LogP contribution in [-0.2, 0) is 4.79 Å². The Morgan fingerprint density at radius 3 is 2.72 bits per heavy atom. The standard InChI is InChI=1S/C14H29N3O/c1-5-9-17(4)12-7-6-8-14(10-12,13(15)18)16-11(2)3/h11-12,16H,5-10H2,1-4H3,(H2,15,18). The first-order valence-electron chi connectivity index (χ1n) is 7.19. The third-order valence-electron chi connectivity index (χ3n) is 3.96. The van der Waals surface area contributed by atoms with E-state index < -0.39 is 5.54 Å². The lowest BCUT2D eigenvalue weighted by Crippen LogP contribution is -2.62. The van der Waals surface area contributed by atoms with Crippen LogP contribution in [0.2, 0.25) is 0 Å². The molecule has 0 heterocycles. The number of carbonyl (C=O) groups is 1. The Morgan fingerprint density at radius 1 is 1.56 bits per heavy atom. The smallest absolute Gasteiger partial charge is 0.237 e. The Balaban J connectivity index is 2.76. The van der Waals surface area contributed by atoms with E-state index in [1.165, 1.54) is 6.42 Å². The van der Waals surface area contributed by atoms with E-state index in [2.05, 4.69) is 38.0 Å². The van der Waals surface area contributed by atoms with Crippen LogP contribution in [0.1, 0.15) is 52.9 Å². The number of primary amides is 1. The van der Waals surface area contributed by atoms with Crippen LogP contribution in [0.5, 0.6) is 0 Å². The van der Waals surface area contributed by atoms with E-state index in [9.17, 15) is 4.79 Å². The summed E-state index contributed by atoms with van der Waals surface area (Å²) in [5.41, 5.74) is 5.17. The Kier molecular flexibility index (Phi) is 5.60. The van der Waals surface area contributed by atoms with Gasteiger partial charge in [-0.05, 0) is 59.5 Å². The van der Waals surface area contributed by atoms with E-state index in [0.717, 1.165) is 32.2 Å². The second-order valence-electron chi connectivity index (χ2n) is 5.98. The highest BCUT2D eigenvalue weighted by molar-refractivity contribution is 5.85. The molecular weight excluding hydrogens is 226 g/mol. The topological polar surface area (TPSA) is 58.4 Å². The summed E-state index contributed by atoms with van der Waals surface area (Å²) in [6.07, 6.45) is 5.11. The van der Waals surface area contributed by atoms with Crippen molar-refractivity contribution in [1.29, 1.82) is 0 Å². The van der Waals surface area contributed by atoms with Gasteiger partial charge >= 0.3 is 0 Å². The van der Waals surface area contributed by atoms with E-state index in [1.54, 1.807) is 0 Å². The monoisotopic (exact) mass is 255 g/mol. The molecule has 1 aliphatic rings. The van der Waals surface area contributed by atoms with Crippen molar-refractivity contribution in [2.75, 3.05) is 13.6 Å². The molecule has 0 saturated heterocycles. The van der Waals surface area contributed by atoms with Gasteiger partial charge < -0.3 is 16.0 Å². The Hall–Kier alpha value is -0.610. The predicted molar refractivity (Wildman–Crippen MR) is 75.4 cm³/mol. The van der Waals surface area contributed by atoms with E-state index in [-0.39, 0.29) is 11.9 Å². The highest BCUT2D eigenvalue weighted by atomic mass is 16.1. The average molecular weight is 255 g/mol. The number of hydrogen-bond acceptors (Lipinski definition) is 3. The Labute approximate surface area is 111 Å². The maximum absolute atomic E-state index is 11.9. The highest BCUT2D eigenvalue weighted by Gasteiger charge is 2.42. The van der Waals surface area contributed by atoms with Gasteiger partial charge in [-0.3, -0.25) is 4.79 Å². The van der Waals surface area contributed by atoms with E-state index in [0.29, 0.717) is 6.04 Å². The summed E-state index contributed by atoms with van der Waals surface area (Å²) < 4.78 is 0. The van der Waals surface area contributed by atoms with Crippen molar-refractivity contribution in [2.24, 2.45) is 5.73 Å². The number of hydrogen-bond donors (Lipinski definition) is 2. The van der Waals surface area contributed by atoms with Gasteiger partial charge in [-0.2, -0.15) is 0 Å². The molecule has 0 aliphatic heterocycles. The maximum Gasteiger partial charge on any atom is 0.237 e. The molecular formula is C14H29N3O. The molecule has 1 rings (SSSR count). The van der Waals surface area contributed by atoms with E-state index in [4.69, 9.17) is 5.73 Å². The van der Waals surface area contributed by atoms with Gasteiger partial charge in [0, 0.05) is 12.1 Å². The SMILES string of the molecule is CCCN(C)C1CCCC(NC(C)C)(C(N)=O)C1. The second-order valence-corrected chi connectivity index (χ2v) is 5.98. The number of rotatable bonds is 6. The van der Waals surface area contributed by atoms with Crippen LogP contribution >= 0.6 is 0 Å². The largest absolute Gasteiger partial charge is 0.368 e. The zero-order valence-corrected chi connectivity index (χ0v) is 12.3. The maximum atomic E-state index is 11.9. The summed E-state index contributed by atoms with van der Waals surface area (Å²) in [6.45, 7) is 7.42. The molecule has 0 bridgehead atoms. The van der Waals surface area contributed by atoms with Crippen molar-refractivity contribution in [3.8, 4) is 0 Å².